The van der Waals surface area contributed by atoms with Crippen LogP contribution in [0.15, 0.2) is 200 Å². The van der Waals surface area contributed by atoms with Gasteiger partial charge < -0.3 is 15.0 Å². The molecule has 0 amide bonds. The Morgan fingerprint density at radius 1 is 0.356 bits per heavy atom. The van der Waals surface area contributed by atoms with Gasteiger partial charge >= 0.3 is 21.1 Å². The predicted molar refractivity (Wildman–Crippen MR) is 291 cm³/mol. The minimum absolute atomic E-state index is 0. The normalized spacial score (nSPS) is 11.7. The van der Waals surface area contributed by atoms with Crippen LogP contribution in [-0.2, 0) is 21.1 Å². The first kappa shape index (κ1) is 42.4. The minimum Gasteiger partial charge on any atom is -0.656 e. The molecule has 0 radical (unpaired) electrons. The van der Waals surface area contributed by atoms with E-state index >= 15 is 0 Å². The number of nitriles is 2. The molecule has 0 atom stereocenters. The predicted octanol–water partition coefficient (Wildman–Crippen LogP) is 15.6. The van der Waals surface area contributed by atoms with E-state index in [-0.39, 0.29) is 21.1 Å². The number of hydrogen-bond donors (Lipinski definition) is 0. The molecule has 8 bridgehead atoms. The fourth-order valence-corrected chi connectivity index (χ4v) is 11.0. The van der Waals surface area contributed by atoms with E-state index in [1.54, 1.807) is 0 Å². The Hall–Kier alpha value is -9.52. The van der Waals surface area contributed by atoms with Crippen molar-refractivity contribution in [2.24, 2.45) is 0 Å². The molecule has 0 spiro atoms. The van der Waals surface area contributed by atoms with E-state index in [1.807, 2.05) is 48.5 Å². The fourth-order valence-electron chi connectivity index (χ4n) is 11.0. The van der Waals surface area contributed by atoms with Crippen molar-refractivity contribution in [3.8, 4) is 79.6 Å². The van der Waals surface area contributed by atoms with E-state index in [2.05, 4.69) is 164 Å². The van der Waals surface area contributed by atoms with E-state index in [9.17, 15) is 10.5 Å². The van der Waals surface area contributed by atoms with Crippen molar-refractivity contribution in [3.05, 3.63) is 211 Å². The van der Waals surface area contributed by atoms with Crippen molar-refractivity contribution in [1.82, 2.24) is 24.9 Å². The van der Waals surface area contributed by atoms with Crippen molar-refractivity contribution >= 4 is 86.8 Å². The topological polar surface area (TPSA) is 114 Å². The molecule has 338 valence electrons. The monoisotopic (exact) mass is 1110 g/mol. The number of aromatic nitrogens is 5. The maximum absolute atomic E-state index is 10.0. The molecule has 7 nitrogen and oxygen atoms in total. The summed E-state index contributed by atoms with van der Waals surface area (Å²) in [5.41, 5.74) is 13.3. The zero-order chi connectivity index (χ0) is 47.6. The third-order valence-electron chi connectivity index (χ3n) is 14.5. The van der Waals surface area contributed by atoms with E-state index < -0.39 is 0 Å². The maximum Gasteiger partial charge on any atom is 2.00 e. The maximum atomic E-state index is 10.0. The second-order valence-corrected chi connectivity index (χ2v) is 18.6. The Labute approximate surface area is 431 Å². The van der Waals surface area contributed by atoms with Gasteiger partial charge in [0.25, 0.3) is 0 Å². The van der Waals surface area contributed by atoms with Crippen LogP contribution in [0.5, 0.6) is 0 Å². The first-order valence-electron chi connectivity index (χ1n) is 23.8. The summed E-state index contributed by atoms with van der Waals surface area (Å²) < 4.78 is 0. The number of nitrogens with zero attached hydrogens (tertiary/aromatic N) is 7. The SMILES string of the molecule is N#Cc1ccc(-c2c3nc(nc4[n-]c(c(-c5ccc(C#N)cc5)c5nc(cc6[n-]c2c2cc7ccccc7cc62)-c2cc6ccccc6cc2-5)c2cc5ccccc5cc42)-c2cc4ccccc4cc2-3)cc1.[Pt+2]. The van der Waals surface area contributed by atoms with Gasteiger partial charge in [-0.3, -0.25) is 4.98 Å². The molecule has 73 heavy (non-hydrogen) atoms. The first-order chi connectivity index (χ1) is 35.5. The van der Waals surface area contributed by atoms with Crippen molar-refractivity contribution in [2.45, 2.75) is 0 Å². The Kier molecular flexibility index (Phi) is 9.44. The molecule has 5 heterocycles. The van der Waals surface area contributed by atoms with Crippen LogP contribution in [0.1, 0.15) is 11.1 Å². The van der Waals surface area contributed by atoms with Gasteiger partial charge in [-0.05, 0) is 171 Å². The van der Waals surface area contributed by atoms with Gasteiger partial charge in [0.2, 0.25) is 0 Å². The van der Waals surface area contributed by atoms with Gasteiger partial charge in [-0.25, -0.2) is 4.98 Å². The van der Waals surface area contributed by atoms with E-state index in [0.29, 0.717) is 22.6 Å². The average molecular weight is 1110 g/mol. The smallest absolute Gasteiger partial charge is 0.656 e. The molecule has 15 rings (SSSR count). The molecule has 13 aromatic rings. The molecule has 2 aliphatic rings. The van der Waals surface area contributed by atoms with Gasteiger partial charge in [-0.15, -0.1) is 11.0 Å². The zero-order valence-corrected chi connectivity index (χ0v) is 40.8. The summed E-state index contributed by atoms with van der Waals surface area (Å²) in [6, 6.07) is 73.6. The summed E-state index contributed by atoms with van der Waals surface area (Å²) in [5, 5.41) is 32.4. The van der Waals surface area contributed by atoms with Crippen LogP contribution in [0.2, 0.25) is 0 Å². The minimum atomic E-state index is 0. The molecule has 0 saturated heterocycles. The van der Waals surface area contributed by atoms with Crippen molar-refractivity contribution in [2.75, 3.05) is 0 Å². The largest absolute Gasteiger partial charge is 2.00 e. The van der Waals surface area contributed by atoms with E-state index in [4.69, 9.17) is 24.9 Å². The molecule has 10 aromatic carbocycles. The third kappa shape index (κ3) is 6.57. The zero-order valence-electron chi connectivity index (χ0n) is 38.5. The van der Waals surface area contributed by atoms with Crippen LogP contribution in [0.4, 0.5) is 0 Å². The molecular formula is C65H33N7Pt. The molecule has 8 heteroatoms. The average Bonchev–Trinajstić information content (AvgIpc) is 4.16. The quantitative estimate of drug-likeness (QED) is 0.169. The molecular weight excluding hydrogens is 1070 g/mol. The first-order valence-corrected chi connectivity index (χ1v) is 23.8. The van der Waals surface area contributed by atoms with E-state index in [1.165, 1.54) is 0 Å². The molecule has 0 saturated carbocycles. The van der Waals surface area contributed by atoms with Gasteiger partial charge in [0.15, 0.2) is 0 Å². The van der Waals surface area contributed by atoms with Crippen molar-refractivity contribution < 1.29 is 21.1 Å². The van der Waals surface area contributed by atoms with Gasteiger partial charge in [0, 0.05) is 27.8 Å². The Bertz CT molecular complexity index is 4510. The summed E-state index contributed by atoms with van der Waals surface area (Å²) in [7, 11) is 0. The standard InChI is InChI=1S/C65H33N7.Pt/c66-34-36-17-21-38(22-18-36)58-60-50-27-42-11-3-1-9-40(42)25-48(50)56(68-60)33-57-49-26-41-10-2-4-12-43(41)28-51(49)61(69-57)59(39-23-19-37(35-67)20-24-39)63-53-30-45-14-6-8-16-47(45)32-55(53)65(71-63)72-64-54-31-46-15-7-5-13-44(46)29-52(54)62(58)70-64;/h1-33H;/q-2;+2. The summed E-state index contributed by atoms with van der Waals surface area (Å²) in [6.45, 7) is 0. The fraction of sp³-hybridized carbons (Fsp3) is 0. The molecule has 3 aromatic heterocycles. The van der Waals surface area contributed by atoms with Crippen LogP contribution in [0.3, 0.4) is 0 Å². The van der Waals surface area contributed by atoms with Crippen LogP contribution >= 0.6 is 0 Å². The van der Waals surface area contributed by atoms with Crippen molar-refractivity contribution in [1.29, 1.82) is 10.5 Å². The number of hydrogen-bond acceptors (Lipinski definition) is 5. The van der Waals surface area contributed by atoms with Crippen LogP contribution < -0.4 is 9.97 Å². The second-order valence-electron chi connectivity index (χ2n) is 18.6. The second kappa shape index (κ2) is 16.3. The molecule has 0 N–H and O–H groups in total. The molecule has 0 unspecified atom stereocenters. The van der Waals surface area contributed by atoms with E-state index in [0.717, 1.165) is 143 Å². The Balaban J connectivity index is 0.00000493. The summed E-state index contributed by atoms with van der Waals surface area (Å²) in [5.74, 6) is 0.529. The third-order valence-corrected chi connectivity index (χ3v) is 14.5. The molecule has 0 aliphatic carbocycles. The number of rotatable bonds is 2. The van der Waals surface area contributed by atoms with Crippen LogP contribution in [-0.4, -0.2) is 15.0 Å². The van der Waals surface area contributed by atoms with Gasteiger partial charge in [0.05, 0.1) is 46.2 Å². The Morgan fingerprint density at radius 2 is 0.753 bits per heavy atom. The summed E-state index contributed by atoms with van der Waals surface area (Å²) >= 11 is 0. The Morgan fingerprint density at radius 3 is 1.26 bits per heavy atom. The number of benzene rings is 10. The van der Waals surface area contributed by atoms with Gasteiger partial charge in [0.1, 0.15) is 0 Å². The van der Waals surface area contributed by atoms with Gasteiger partial charge in [-0.1, -0.05) is 121 Å². The molecule has 2 aliphatic heterocycles. The van der Waals surface area contributed by atoms with Gasteiger partial charge in [-0.2, -0.15) is 10.5 Å². The van der Waals surface area contributed by atoms with Crippen molar-refractivity contribution in [3.63, 3.8) is 0 Å². The van der Waals surface area contributed by atoms with Crippen LogP contribution in [0, 0.1) is 22.7 Å². The summed E-state index contributed by atoms with van der Waals surface area (Å²) in [6.07, 6.45) is 0. The van der Waals surface area contributed by atoms with Crippen LogP contribution in [0.25, 0.3) is 154 Å². The number of fused-ring (bicyclic) bond motifs is 24. The molecule has 0 fully saturated rings. The summed E-state index contributed by atoms with van der Waals surface area (Å²) in [4.78, 5) is 28.2.